The SMILES string of the molecule is CCC(C)(CC)c1ncc(C(N)=O)cn1. The van der Waals surface area contributed by atoms with Gasteiger partial charge in [-0.25, -0.2) is 9.97 Å². The summed E-state index contributed by atoms with van der Waals surface area (Å²) in [7, 11) is 0. The Kier molecular flexibility index (Phi) is 3.39. The van der Waals surface area contributed by atoms with E-state index in [4.69, 9.17) is 5.73 Å². The van der Waals surface area contributed by atoms with Crippen LogP contribution in [0.4, 0.5) is 0 Å². The van der Waals surface area contributed by atoms with E-state index in [-0.39, 0.29) is 5.41 Å². The van der Waals surface area contributed by atoms with E-state index in [1.807, 2.05) is 0 Å². The Morgan fingerprint density at radius 3 is 2.13 bits per heavy atom. The monoisotopic (exact) mass is 207 g/mol. The molecule has 0 atom stereocenters. The van der Waals surface area contributed by atoms with Crippen LogP contribution < -0.4 is 5.73 Å². The third-order valence-electron chi connectivity index (χ3n) is 3.04. The minimum atomic E-state index is -0.490. The molecule has 1 heterocycles. The van der Waals surface area contributed by atoms with Crippen molar-refractivity contribution in [2.45, 2.75) is 39.0 Å². The molecule has 1 amide bonds. The zero-order chi connectivity index (χ0) is 11.5. The molecule has 4 nitrogen and oxygen atoms in total. The van der Waals surface area contributed by atoms with E-state index in [2.05, 4.69) is 30.7 Å². The fourth-order valence-corrected chi connectivity index (χ4v) is 1.33. The number of hydrogen-bond acceptors (Lipinski definition) is 3. The van der Waals surface area contributed by atoms with E-state index in [1.54, 1.807) is 0 Å². The van der Waals surface area contributed by atoms with Gasteiger partial charge in [-0.3, -0.25) is 4.79 Å². The average Bonchev–Trinajstić information content (AvgIpc) is 2.28. The molecule has 0 bridgehead atoms. The van der Waals surface area contributed by atoms with Crippen LogP contribution in [0.3, 0.4) is 0 Å². The summed E-state index contributed by atoms with van der Waals surface area (Å²) in [6.07, 6.45) is 4.93. The topological polar surface area (TPSA) is 68.9 Å². The maximum Gasteiger partial charge on any atom is 0.251 e. The van der Waals surface area contributed by atoms with Gasteiger partial charge in [-0.2, -0.15) is 0 Å². The van der Waals surface area contributed by atoms with E-state index < -0.39 is 5.91 Å². The lowest BCUT2D eigenvalue weighted by Gasteiger charge is -2.24. The zero-order valence-electron chi connectivity index (χ0n) is 9.45. The second kappa shape index (κ2) is 4.38. The Morgan fingerprint density at radius 2 is 1.80 bits per heavy atom. The van der Waals surface area contributed by atoms with E-state index >= 15 is 0 Å². The van der Waals surface area contributed by atoms with Crippen molar-refractivity contribution >= 4 is 5.91 Å². The van der Waals surface area contributed by atoms with Crippen LogP contribution in [0.5, 0.6) is 0 Å². The van der Waals surface area contributed by atoms with Gasteiger partial charge < -0.3 is 5.73 Å². The van der Waals surface area contributed by atoms with Gasteiger partial charge in [-0.05, 0) is 12.8 Å². The van der Waals surface area contributed by atoms with Crippen LogP contribution in [0.1, 0.15) is 49.8 Å². The summed E-state index contributed by atoms with van der Waals surface area (Å²) in [4.78, 5) is 19.2. The maximum atomic E-state index is 10.8. The average molecular weight is 207 g/mol. The van der Waals surface area contributed by atoms with Crippen LogP contribution in [-0.2, 0) is 5.41 Å². The van der Waals surface area contributed by atoms with Gasteiger partial charge in [-0.15, -0.1) is 0 Å². The number of nitrogens with zero attached hydrogens (tertiary/aromatic N) is 2. The van der Waals surface area contributed by atoms with Gasteiger partial charge in [0.05, 0.1) is 5.56 Å². The lowest BCUT2D eigenvalue weighted by molar-refractivity contribution is 0.0999. The summed E-state index contributed by atoms with van der Waals surface area (Å²) in [6.45, 7) is 6.33. The summed E-state index contributed by atoms with van der Waals surface area (Å²) >= 11 is 0. The molecule has 0 fully saturated rings. The van der Waals surface area contributed by atoms with Gasteiger partial charge in [0.1, 0.15) is 5.82 Å². The molecule has 0 unspecified atom stereocenters. The Labute approximate surface area is 89.9 Å². The second-order valence-corrected chi connectivity index (χ2v) is 3.93. The summed E-state index contributed by atoms with van der Waals surface area (Å²) < 4.78 is 0. The second-order valence-electron chi connectivity index (χ2n) is 3.93. The molecule has 2 N–H and O–H groups in total. The molecular formula is C11H17N3O. The highest BCUT2D eigenvalue weighted by molar-refractivity contribution is 5.92. The first-order chi connectivity index (χ1) is 7.03. The minimum absolute atomic E-state index is 0.0177. The molecular weight excluding hydrogens is 190 g/mol. The Hall–Kier alpha value is -1.45. The highest BCUT2D eigenvalue weighted by Crippen LogP contribution is 2.27. The standard InChI is InChI=1S/C11H17N3O/c1-4-11(3,5-2)10-13-6-8(7-14-10)9(12)15/h6-7H,4-5H2,1-3H3,(H2,12,15). The largest absolute Gasteiger partial charge is 0.366 e. The van der Waals surface area contributed by atoms with Crippen LogP contribution in [0, 0.1) is 0 Å². The quantitative estimate of drug-likeness (QED) is 0.816. The predicted octanol–water partition coefficient (Wildman–Crippen LogP) is 1.65. The van der Waals surface area contributed by atoms with Gasteiger partial charge in [0.25, 0.3) is 5.91 Å². The summed E-state index contributed by atoms with van der Waals surface area (Å²) in [6, 6.07) is 0. The van der Waals surface area contributed by atoms with Crippen molar-refractivity contribution in [1.82, 2.24) is 9.97 Å². The smallest absolute Gasteiger partial charge is 0.251 e. The molecule has 0 saturated heterocycles. The van der Waals surface area contributed by atoms with Gasteiger partial charge in [0.2, 0.25) is 0 Å². The fourth-order valence-electron chi connectivity index (χ4n) is 1.33. The molecule has 0 radical (unpaired) electrons. The molecule has 0 spiro atoms. The first kappa shape index (κ1) is 11.6. The Balaban J connectivity index is 3.02. The summed E-state index contributed by atoms with van der Waals surface area (Å²) in [5.41, 5.74) is 5.46. The molecule has 15 heavy (non-hydrogen) atoms. The van der Waals surface area contributed by atoms with Crippen molar-refractivity contribution in [2.75, 3.05) is 0 Å². The van der Waals surface area contributed by atoms with Crippen LogP contribution in [0.2, 0.25) is 0 Å². The molecule has 1 rings (SSSR count). The normalized spacial score (nSPS) is 11.4. The third kappa shape index (κ3) is 2.32. The number of carbonyl (C=O) groups is 1. The van der Waals surface area contributed by atoms with Crippen molar-refractivity contribution in [2.24, 2.45) is 5.73 Å². The van der Waals surface area contributed by atoms with Gasteiger partial charge in [0.15, 0.2) is 0 Å². The number of nitrogens with two attached hydrogens (primary N) is 1. The molecule has 1 aromatic heterocycles. The van der Waals surface area contributed by atoms with Crippen LogP contribution in [-0.4, -0.2) is 15.9 Å². The van der Waals surface area contributed by atoms with Crippen LogP contribution in [0.15, 0.2) is 12.4 Å². The highest BCUT2D eigenvalue weighted by atomic mass is 16.1. The molecule has 0 saturated carbocycles. The number of carbonyl (C=O) groups excluding carboxylic acids is 1. The molecule has 4 heteroatoms. The molecule has 0 aliphatic carbocycles. The summed E-state index contributed by atoms with van der Waals surface area (Å²) in [5, 5.41) is 0. The van der Waals surface area contributed by atoms with E-state index in [9.17, 15) is 4.79 Å². The molecule has 0 aromatic carbocycles. The van der Waals surface area contributed by atoms with Crippen LogP contribution in [0.25, 0.3) is 0 Å². The Morgan fingerprint density at radius 1 is 1.33 bits per heavy atom. The molecule has 0 aliphatic heterocycles. The van der Waals surface area contributed by atoms with E-state index in [0.717, 1.165) is 18.7 Å². The number of aromatic nitrogens is 2. The van der Waals surface area contributed by atoms with E-state index in [0.29, 0.717) is 5.56 Å². The maximum absolute atomic E-state index is 10.8. The fraction of sp³-hybridized carbons (Fsp3) is 0.545. The van der Waals surface area contributed by atoms with Crippen molar-refractivity contribution in [3.05, 3.63) is 23.8 Å². The summed E-state index contributed by atoms with van der Waals surface area (Å²) in [5.74, 6) is 0.286. The zero-order valence-corrected chi connectivity index (χ0v) is 9.45. The molecule has 1 aromatic rings. The van der Waals surface area contributed by atoms with Gasteiger partial charge in [0, 0.05) is 17.8 Å². The van der Waals surface area contributed by atoms with Gasteiger partial charge >= 0.3 is 0 Å². The van der Waals surface area contributed by atoms with Crippen molar-refractivity contribution < 1.29 is 4.79 Å². The van der Waals surface area contributed by atoms with E-state index in [1.165, 1.54) is 12.4 Å². The number of rotatable bonds is 4. The number of amides is 1. The molecule has 82 valence electrons. The minimum Gasteiger partial charge on any atom is -0.366 e. The first-order valence-corrected chi connectivity index (χ1v) is 5.16. The van der Waals surface area contributed by atoms with Crippen molar-refractivity contribution in [3.63, 3.8) is 0 Å². The first-order valence-electron chi connectivity index (χ1n) is 5.16. The molecule has 0 aliphatic rings. The highest BCUT2D eigenvalue weighted by Gasteiger charge is 2.25. The lowest BCUT2D eigenvalue weighted by atomic mass is 9.84. The Bertz CT molecular complexity index is 341. The van der Waals surface area contributed by atoms with Crippen molar-refractivity contribution in [1.29, 1.82) is 0 Å². The third-order valence-corrected chi connectivity index (χ3v) is 3.04. The number of hydrogen-bond donors (Lipinski definition) is 1. The lowest BCUT2D eigenvalue weighted by Crippen LogP contribution is -2.23. The van der Waals surface area contributed by atoms with Crippen molar-refractivity contribution in [3.8, 4) is 0 Å². The number of primary amides is 1. The predicted molar refractivity (Wildman–Crippen MR) is 58.5 cm³/mol. The van der Waals surface area contributed by atoms with Crippen LogP contribution >= 0.6 is 0 Å². The van der Waals surface area contributed by atoms with Gasteiger partial charge in [-0.1, -0.05) is 20.8 Å².